The van der Waals surface area contributed by atoms with Crippen LogP contribution >= 0.6 is 0 Å². The first kappa shape index (κ1) is 18.1. The zero-order valence-electron chi connectivity index (χ0n) is 14.4. The molecule has 3 aromatic rings. The van der Waals surface area contributed by atoms with Crippen molar-refractivity contribution in [1.29, 1.82) is 0 Å². The van der Waals surface area contributed by atoms with Gasteiger partial charge in [-0.1, -0.05) is 67.6 Å². The van der Waals surface area contributed by atoms with E-state index < -0.39 is 11.7 Å². The number of hydrogen-bond acceptors (Lipinski definition) is 1. The standard InChI is InChI=1S/C22H19F3O/c1-2-16-7-6-8-17(13-16)15-26-19-11-12-20(18-9-4-3-5-10-18)21(14-19)22(23,24)25/h3-14H,2,15H2,1H3. The molecule has 0 unspecified atom stereocenters. The lowest BCUT2D eigenvalue weighted by Crippen LogP contribution is -2.08. The molecule has 0 spiro atoms. The molecule has 0 atom stereocenters. The first-order valence-electron chi connectivity index (χ1n) is 8.44. The number of aryl methyl sites for hydroxylation is 1. The average molecular weight is 356 g/mol. The highest BCUT2D eigenvalue weighted by atomic mass is 19.4. The fourth-order valence-corrected chi connectivity index (χ4v) is 2.82. The molecule has 0 amide bonds. The van der Waals surface area contributed by atoms with Crippen molar-refractivity contribution in [2.45, 2.75) is 26.1 Å². The lowest BCUT2D eigenvalue weighted by molar-refractivity contribution is -0.137. The molecule has 3 rings (SSSR count). The van der Waals surface area contributed by atoms with E-state index in [0.717, 1.165) is 18.1 Å². The van der Waals surface area contributed by atoms with E-state index in [1.54, 1.807) is 36.4 Å². The lowest BCUT2D eigenvalue weighted by atomic mass is 9.99. The van der Waals surface area contributed by atoms with Crippen LogP contribution in [0.1, 0.15) is 23.6 Å². The Labute approximate surface area is 151 Å². The van der Waals surface area contributed by atoms with Crippen LogP contribution in [0.2, 0.25) is 0 Å². The Morgan fingerprint density at radius 1 is 0.808 bits per heavy atom. The molecule has 3 aromatic carbocycles. The fourth-order valence-electron chi connectivity index (χ4n) is 2.82. The van der Waals surface area contributed by atoms with E-state index in [9.17, 15) is 13.2 Å². The molecule has 0 aliphatic carbocycles. The molecule has 26 heavy (non-hydrogen) atoms. The van der Waals surface area contributed by atoms with Crippen LogP contribution in [0, 0.1) is 0 Å². The van der Waals surface area contributed by atoms with Crippen molar-refractivity contribution in [3.63, 3.8) is 0 Å². The molecule has 0 saturated carbocycles. The van der Waals surface area contributed by atoms with E-state index in [1.165, 1.54) is 11.6 Å². The number of ether oxygens (including phenoxy) is 1. The minimum Gasteiger partial charge on any atom is -0.489 e. The summed E-state index contributed by atoms with van der Waals surface area (Å²) in [5.74, 6) is 0.207. The van der Waals surface area contributed by atoms with Crippen LogP contribution in [0.3, 0.4) is 0 Å². The van der Waals surface area contributed by atoms with E-state index >= 15 is 0 Å². The Morgan fingerprint density at radius 3 is 2.23 bits per heavy atom. The summed E-state index contributed by atoms with van der Waals surface area (Å²) in [5, 5.41) is 0. The number of alkyl halides is 3. The maximum Gasteiger partial charge on any atom is 0.417 e. The molecule has 0 heterocycles. The minimum absolute atomic E-state index is 0.151. The maximum absolute atomic E-state index is 13.5. The number of benzene rings is 3. The zero-order valence-corrected chi connectivity index (χ0v) is 14.4. The van der Waals surface area contributed by atoms with Crippen LogP contribution in [0.5, 0.6) is 5.75 Å². The van der Waals surface area contributed by atoms with Crippen molar-refractivity contribution in [3.8, 4) is 16.9 Å². The Morgan fingerprint density at radius 2 is 1.54 bits per heavy atom. The molecule has 0 aliphatic heterocycles. The minimum atomic E-state index is -4.45. The summed E-state index contributed by atoms with van der Waals surface area (Å²) in [6.45, 7) is 2.29. The first-order valence-corrected chi connectivity index (χ1v) is 8.44. The smallest absolute Gasteiger partial charge is 0.417 e. The van der Waals surface area contributed by atoms with Crippen LogP contribution in [0.25, 0.3) is 11.1 Å². The second-order valence-corrected chi connectivity index (χ2v) is 6.03. The van der Waals surface area contributed by atoms with E-state index in [4.69, 9.17) is 4.74 Å². The number of rotatable bonds is 5. The SMILES string of the molecule is CCc1cccc(COc2ccc(-c3ccccc3)c(C(F)(F)F)c2)c1. The maximum atomic E-state index is 13.5. The van der Waals surface area contributed by atoms with Gasteiger partial charge in [-0.15, -0.1) is 0 Å². The van der Waals surface area contributed by atoms with E-state index in [1.807, 2.05) is 24.3 Å². The first-order chi connectivity index (χ1) is 12.5. The van der Waals surface area contributed by atoms with Gasteiger partial charge in [-0.25, -0.2) is 0 Å². The molecule has 0 N–H and O–H groups in total. The van der Waals surface area contributed by atoms with Crippen molar-refractivity contribution in [3.05, 3.63) is 89.5 Å². The molecule has 4 heteroatoms. The highest BCUT2D eigenvalue weighted by Crippen LogP contribution is 2.39. The van der Waals surface area contributed by atoms with Crippen molar-refractivity contribution < 1.29 is 17.9 Å². The quantitative estimate of drug-likeness (QED) is 0.506. The summed E-state index contributed by atoms with van der Waals surface area (Å²) in [7, 11) is 0. The molecule has 134 valence electrons. The molecule has 1 nitrogen and oxygen atoms in total. The van der Waals surface area contributed by atoms with Crippen LogP contribution in [-0.2, 0) is 19.2 Å². The number of hydrogen-bond donors (Lipinski definition) is 0. The summed E-state index contributed by atoms with van der Waals surface area (Å²) >= 11 is 0. The third-order valence-corrected chi connectivity index (χ3v) is 4.19. The molecule has 0 saturated heterocycles. The third kappa shape index (κ3) is 4.26. The van der Waals surface area contributed by atoms with Gasteiger partial charge in [0.15, 0.2) is 0 Å². The average Bonchev–Trinajstić information content (AvgIpc) is 2.66. The fraction of sp³-hybridized carbons (Fsp3) is 0.182. The normalized spacial score (nSPS) is 11.4. The van der Waals surface area contributed by atoms with Crippen molar-refractivity contribution in [2.24, 2.45) is 0 Å². The van der Waals surface area contributed by atoms with Gasteiger partial charge in [0.05, 0.1) is 5.56 Å². The Bertz CT molecular complexity index is 870. The van der Waals surface area contributed by atoms with Crippen LogP contribution in [-0.4, -0.2) is 0 Å². The molecule has 0 fully saturated rings. The predicted octanol–water partition coefficient (Wildman–Crippen LogP) is 6.51. The van der Waals surface area contributed by atoms with Crippen LogP contribution in [0.15, 0.2) is 72.8 Å². The molecular formula is C22H19F3O. The summed E-state index contributed by atoms with van der Waals surface area (Å²) < 4.78 is 46.2. The highest BCUT2D eigenvalue weighted by Gasteiger charge is 2.34. The summed E-state index contributed by atoms with van der Waals surface area (Å²) in [6, 6.07) is 20.5. The topological polar surface area (TPSA) is 9.23 Å². The van der Waals surface area contributed by atoms with E-state index in [0.29, 0.717) is 5.56 Å². The summed E-state index contributed by atoms with van der Waals surface area (Å²) in [6.07, 6.45) is -3.55. The Balaban J connectivity index is 1.87. The molecule has 0 aliphatic rings. The Kier molecular flexibility index (Phi) is 5.31. The zero-order chi connectivity index (χ0) is 18.6. The predicted molar refractivity (Wildman–Crippen MR) is 97.0 cm³/mol. The monoisotopic (exact) mass is 356 g/mol. The van der Waals surface area contributed by atoms with Gasteiger partial charge >= 0.3 is 6.18 Å². The third-order valence-electron chi connectivity index (χ3n) is 4.19. The van der Waals surface area contributed by atoms with E-state index in [-0.39, 0.29) is 17.9 Å². The largest absolute Gasteiger partial charge is 0.489 e. The van der Waals surface area contributed by atoms with Crippen molar-refractivity contribution in [1.82, 2.24) is 0 Å². The second kappa shape index (κ2) is 7.65. The van der Waals surface area contributed by atoms with Gasteiger partial charge in [-0.2, -0.15) is 13.2 Å². The molecule has 0 radical (unpaired) electrons. The van der Waals surface area contributed by atoms with Gasteiger partial charge < -0.3 is 4.74 Å². The molecular weight excluding hydrogens is 337 g/mol. The van der Waals surface area contributed by atoms with Gasteiger partial charge in [0.25, 0.3) is 0 Å². The van der Waals surface area contributed by atoms with Gasteiger partial charge in [-0.3, -0.25) is 0 Å². The van der Waals surface area contributed by atoms with Crippen molar-refractivity contribution >= 4 is 0 Å². The van der Waals surface area contributed by atoms with Gasteiger partial charge in [-0.05, 0) is 40.8 Å². The highest BCUT2D eigenvalue weighted by molar-refractivity contribution is 5.69. The molecule has 0 bridgehead atoms. The summed E-state index contributed by atoms with van der Waals surface area (Å²) in [5.41, 5.74) is 2.09. The second-order valence-electron chi connectivity index (χ2n) is 6.03. The Hall–Kier alpha value is -2.75. The number of halogens is 3. The van der Waals surface area contributed by atoms with Gasteiger partial charge in [0, 0.05) is 0 Å². The summed E-state index contributed by atoms with van der Waals surface area (Å²) in [4.78, 5) is 0. The van der Waals surface area contributed by atoms with Crippen LogP contribution < -0.4 is 4.74 Å². The van der Waals surface area contributed by atoms with Crippen LogP contribution in [0.4, 0.5) is 13.2 Å². The van der Waals surface area contributed by atoms with Gasteiger partial charge in [0.1, 0.15) is 12.4 Å². The van der Waals surface area contributed by atoms with Crippen molar-refractivity contribution in [2.75, 3.05) is 0 Å². The van der Waals surface area contributed by atoms with Gasteiger partial charge in [0.2, 0.25) is 0 Å². The lowest BCUT2D eigenvalue weighted by Gasteiger charge is -2.15. The molecule has 0 aromatic heterocycles. The van der Waals surface area contributed by atoms with E-state index in [2.05, 4.69) is 6.92 Å².